The molecule has 1 amide bonds. The highest BCUT2D eigenvalue weighted by Gasteiger charge is 2.06. The number of aryl methyl sites for hydroxylation is 1. The van der Waals surface area contributed by atoms with Gasteiger partial charge in [0.1, 0.15) is 12.4 Å². The first kappa shape index (κ1) is 21.5. The van der Waals surface area contributed by atoms with E-state index in [2.05, 4.69) is 10.5 Å². The summed E-state index contributed by atoms with van der Waals surface area (Å²) < 4.78 is 5.79. The standard InChI is InChI=1S/C23H21N3O5/c1-17-6-10-20(11-7-17)25-23(27)16-31-24-14-19-4-2-3-5-22(19)30-15-18-8-12-21(13-9-18)26(28)29/h2-14H,15-16H2,1H3,(H,25,27)/b24-14+. The molecule has 3 aromatic carbocycles. The van der Waals surface area contributed by atoms with Gasteiger partial charge in [0.05, 0.1) is 11.1 Å². The van der Waals surface area contributed by atoms with Gasteiger partial charge in [-0.3, -0.25) is 14.9 Å². The minimum atomic E-state index is -0.447. The second-order valence-electron chi connectivity index (χ2n) is 6.67. The first-order valence-corrected chi connectivity index (χ1v) is 9.48. The number of nitrogens with one attached hydrogen (secondary N) is 1. The largest absolute Gasteiger partial charge is 0.488 e. The van der Waals surface area contributed by atoms with E-state index in [0.717, 1.165) is 11.1 Å². The van der Waals surface area contributed by atoms with Crippen LogP contribution in [0.1, 0.15) is 16.7 Å². The molecule has 0 fully saturated rings. The van der Waals surface area contributed by atoms with Crippen LogP contribution in [0, 0.1) is 17.0 Å². The fourth-order valence-electron chi connectivity index (χ4n) is 2.62. The van der Waals surface area contributed by atoms with Crippen LogP contribution in [0.4, 0.5) is 11.4 Å². The molecule has 0 saturated heterocycles. The Kier molecular flexibility index (Phi) is 7.31. The molecule has 0 radical (unpaired) electrons. The van der Waals surface area contributed by atoms with Crippen LogP contribution in [0.15, 0.2) is 78.0 Å². The molecule has 0 heterocycles. The number of carbonyl (C=O) groups is 1. The summed E-state index contributed by atoms with van der Waals surface area (Å²) in [6.07, 6.45) is 1.46. The molecule has 0 aromatic heterocycles. The van der Waals surface area contributed by atoms with E-state index in [1.54, 1.807) is 24.3 Å². The summed E-state index contributed by atoms with van der Waals surface area (Å²) in [5.41, 5.74) is 3.28. The quantitative estimate of drug-likeness (QED) is 0.313. The molecule has 0 bridgehead atoms. The van der Waals surface area contributed by atoms with Crippen LogP contribution in [-0.4, -0.2) is 23.7 Å². The SMILES string of the molecule is Cc1ccc(NC(=O)CO/N=C/c2ccccc2OCc2ccc([N+](=O)[O-])cc2)cc1. The van der Waals surface area contributed by atoms with Crippen molar-refractivity contribution >= 4 is 23.5 Å². The first-order chi connectivity index (χ1) is 15.0. The monoisotopic (exact) mass is 419 g/mol. The van der Waals surface area contributed by atoms with Gasteiger partial charge in [0, 0.05) is 23.4 Å². The number of amides is 1. The molecule has 158 valence electrons. The average Bonchev–Trinajstić information content (AvgIpc) is 2.78. The van der Waals surface area contributed by atoms with Crippen molar-refractivity contribution in [3.63, 3.8) is 0 Å². The number of nitro benzene ring substituents is 1. The number of hydrogen-bond donors (Lipinski definition) is 1. The average molecular weight is 419 g/mol. The van der Waals surface area contributed by atoms with E-state index in [0.29, 0.717) is 17.0 Å². The molecule has 0 aliphatic heterocycles. The van der Waals surface area contributed by atoms with Gasteiger partial charge in [0.15, 0.2) is 6.61 Å². The first-order valence-electron chi connectivity index (χ1n) is 9.48. The zero-order valence-corrected chi connectivity index (χ0v) is 16.9. The number of oxime groups is 1. The predicted octanol–water partition coefficient (Wildman–Crippen LogP) is 4.47. The van der Waals surface area contributed by atoms with Crippen LogP contribution in [0.3, 0.4) is 0 Å². The van der Waals surface area contributed by atoms with Crippen LogP contribution >= 0.6 is 0 Å². The van der Waals surface area contributed by atoms with Gasteiger partial charge in [-0.2, -0.15) is 0 Å². The highest BCUT2D eigenvalue weighted by atomic mass is 16.6. The van der Waals surface area contributed by atoms with Crippen molar-refractivity contribution < 1.29 is 19.3 Å². The molecule has 8 nitrogen and oxygen atoms in total. The third-order valence-electron chi connectivity index (χ3n) is 4.26. The number of hydrogen-bond acceptors (Lipinski definition) is 6. The number of non-ortho nitro benzene ring substituents is 1. The maximum Gasteiger partial charge on any atom is 0.269 e. The van der Waals surface area contributed by atoms with Crippen molar-refractivity contribution in [1.82, 2.24) is 0 Å². The third kappa shape index (κ3) is 6.67. The summed E-state index contributed by atoms with van der Waals surface area (Å²) >= 11 is 0. The number of carbonyl (C=O) groups excluding carboxylic acids is 1. The van der Waals surface area contributed by atoms with Gasteiger partial charge in [-0.05, 0) is 48.9 Å². The summed E-state index contributed by atoms with van der Waals surface area (Å²) in [6, 6.07) is 20.8. The summed E-state index contributed by atoms with van der Waals surface area (Å²) in [5.74, 6) is 0.251. The number of para-hydroxylation sites is 1. The van der Waals surface area contributed by atoms with Crippen LogP contribution in [0.25, 0.3) is 0 Å². The highest BCUT2D eigenvalue weighted by Crippen LogP contribution is 2.19. The smallest absolute Gasteiger partial charge is 0.269 e. The lowest BCUT2D eigenvalue weighted by Gasteiger charge is -2.09. The summed E-state index contributed by atoms with van der Waals surface area (Å²) in [7, 11) is 0. The zero-order valence-electron chi connectivity index (χ0n) is 16.9. The summed E-state index contributed by atoms with van der Waals surface area (Å²) in [5, 5.41) is 17.3. The van der Waals surface area contributed by atoms with E-state index < -0.39 is 4.92 Å². The van der Waals surface area contributed by atoms with Crippen molar-refractivity contribution in [2.45, 2.75) is 13.5 Å². The number of benzene rings is 3. The second kappa shape index (κ2) is 10.5. The van der Waals surface area contributed by atoms with Crippen molar-refractivity contribution in [3.8, 4) is 5.75 Å². The van der Waals surface area contributed by atoms with Crippen molar-refractivity contribution in [2.24, 2.45) is 5.16 Å². The van der Waals surface area contributed by atoms with E-state index in [4.69, 9.17) is 9.57 Å². The van der Waals surface area contributed by atoms with Crippen LogP contribution in [0.2, 0.25) is 0 Å². The van der Waals surface area contributed by atoms with Crippen LogP contribution in [0.5, 0.6) is 5.75 Å². The van der Waals surface area contributed by atoms with Crippen molar-refractivity contribution in [3.05, 3.63) is 99.6 Å². The lowest BCUT2D eigenvalue weighted by Crippen LogP contribution is -2.16. The Morgan fingerprint density at radius 2 is 1.77 bits per heavy atom. The molecular weight excluding hydrogens is 398 g/mol. The van der Waals surface area contributed by atoms with Gasteiger partial charge in [0.2, 0.25) is 0 Å². The Morgan fingerprint density at radius 1 is 1.06 bits per heavy atom. The number of nitrogens with zero attached hydrogens (tertiary/aromatic N) is 2. The minimum absolute atomic E-state index is 0.0276. The molecule has 0 atom stereocenters. The van der Waals surface area contributed by atoms with E-state index in [1.807, 2.05) is 43.3 Å². The number of nitro groups is 1. The van der Waals surface area contributed by atoms with Gasteiger partial charge < -0.3 is 14.9 Å². The van der Waals surface area contributed by atoms with E-state index >= 15 is 0 Å². The molecule has 1 N–H and O–H groups in total. The number of anilines is 1. The lowest BCUT2D eigenvalue weighted by molar-refractivity contribution is -0.384. The third-order valence-corrected chi connectivity index (χ3v) is 4.26. The topological polar surface area (TPSA) is 103 Å². The number of rotatable bonds is 9. The second-order valence-corrected chi connectivity index (χ2v) is 6.67. The maximum atomic E-state index is 11.9. The molecule has 31 heavy (non-hydrogen) atoms. The Hall–Kier alpha value is -4.20. The molecular formula is C23H21N3O5. The minimum Gasteiger partial charge on any atom is -0.488 e. The molecule has 0 aliphatic carbocycles. The van der Waals surface area contributed by atoms with Crippen LogP contribution in [-0.2, 0) is 16.2 Å². The highest BCUT2D eigenvalue weighted by molar-refractivity contribution is 5.91. The molecule has 0 saturated carbocycles. The lowest BCUT2D eigenvalue weighted by atomic mass is 10.2. The summed E-state index contributed by atoms with van der Waals surface area (Å²) in [6.45, 7) is 1.98. The van der Waals surface area contributed by atoms with Crippen molar-refractivity contribution in [2.75, 3.05) is 11.9 Å². The van der Waals surface area contributed by atoms with Gasteiger partial charge in [-0.1, -0.05) is 35.0 Å². The molecule has 3 aromatic rings. The van der Waals surface area contributed by atoms with Gasteiger partial charge in [-0.15, -0.1) is 0 Å². The Balaban J connectivity index is 1.51. The summed E-state index contributed by atoms with van der Waals surface area (Å²) in [4.78, 5) is 27.3. The molecule has 0 unspecified atom stereocenters. The molecule has 8 heteroatoms. The van der Waals surface area contributed by atoms with Gasteiger partial charge >= 0.3 is 0 Å². The molecule has 3 rings (SSSR count). The predicted molar refractivity (Wildman–Crippen MR) is 117 cm³/mol. The van der Waals surface area contributed by atoms with E-state index in [1.165, 1.54) is 18.3 Å². The Bertz CT molecular complexity index is 1060. The fourth-order valence-corrected chi connectivity index (χ4v) is 2.62. The normalized spacial score (nSPS) is 10.6. The maximum absolute atomic E-state index is 11.9. The molecule has 0 spiro atoms. The number of ether oxygens (including phenoxy) is 1. The Labute approximate surface area is 179 Å². The molecule has 0 aliphatic rings. The van der Waals surface area contributed by atoms with Crippen molar-refractivity contribution in [1.29, 1.82) is 0 Å². The van der Waals surface area contributed by atoms with E-state index in [-0.39, 0.29) is 24.8 Å². The Morgan fingerprint density at radius 3 is 2.48 bits per heavy atom. The van der Waals surface area contributed by atoms with Gasteiger partial charge in [0.25, 0.3) is 11.6 Å². The fraction of sp³-hybridized carbons (Fsp3) is 0.130. The van der Waals surface area contributed by atoms with Gasteiger partial charge in [-0.25, -0.2) is 0 Å². The zero-order chi connectivity index (χ0) is 22.1. The van der Waals surface area contributed by atoms with Crippen LogP contribution < -0.4 is 10.1 Å². The van der Waals surface area contributed by atoms with E-state index in [9.17, 15) is 14.9 Å².